The molecule has 0 amide bonds. The Balaban J connectivity index is 2.40. The smallest absolute Gasteiger partial charge is 0.141 e. The quantitative estimate of drug-likeness (QED) is 0.880. The highest BCUT2D eigenvalue weighted by molar-refractivity contribution is 5.26. The van der Waals surface area contributed by atoms with Crippen molar-refractivity contribution in [1.29, 1.82) is 0 Å². The van der Waals surface area contributed by atoms with Crippen molar-refractivity contribution in [3.05, 3.63) is 59.4 Å². The standard InChI is InChI=1S/C13H14FN3/c1-9-4-3-5-12(17-9)13(15-2)10-6-11(14)8-16-7-10/h3-8,13,15H,1-2H3. The van der Waals surface area contributed by atoms with Crippen molar-refractivity contribution in [2.24, 2.45) is 0 Å². The van der Waals surface area contributed by atoms with Gasteiger partial charge in [-0.2, -0.15) is 0 Å². The largest absolute Gasteiger partial charge is 0.308 e. The fourth-order valence-electron chi connectivity index (χ4n) is 1.80. The van der Waals surface area contributed by atoms with Crippen LogP contribution in [-0.2, 0) is 0 Å². The number of rotatable bonds is 3. The monoisotopic (exact) mass is 231 g/mol. The van der Waals surface area contributed by atoms with Crippen LogP contribution in [0.4, 0.5) is 4.39 Å². The SMILES string of the molecule is CNC(c1cncc(F)c1)c1cccc(C)n1. The highest BCUT2D eigenvalue weighted by Crippen LogP contribution is 2.19. The van der Waals surface area contributed by atoms with Gasteiger partial charge in [0, 0.05) is 11.9 Å². The molecule has 2 heterocycles. The van der Waals surface area contributed by atoms with Crippen LogP contribution in [0.2, 0.25) is 0 Å². The lowest BCUT2D eigenvalue weighted by molar-refractivity contribution is 0.605. The van der Waals surface area contributed by atoms with Gasteiger partial charge in [0.2, 0.25) is 0 Å². The average molecular weight is 231 g/mol. The topological polar surface area (TPSA) is 37.8 Å². The normalized spacial score (nSPS) is 12.4. The summed E-state index contributed by atoms with van der Waals surface area (Å²) in [5, 5.41) is 3.12. The number of hydrogen-bond acceptors (Lipinski definition) is 3. The lowest BCUT2D eigenvalue weighted by Crippen LogP contribution is -2.19. The Morgan fingerprint density at radius 3 is 2.76 bits per heavy atom. The second kappa shape index (κ2) is 5.01. The van der Waals surface area contributed by atoms with E-state index in [1.165, 1.54) is 12.3 Å². The van der Waals surface area contributed by atoms with Crippen LogP contribution in [0.5, 0.6) is 0 Å². The Kier molecular flexibility index (Phi) is 3.44. The first kappa shape index (κ1) is 11.7. The molecule has 0 aliphatic carbocycles. The predicted octanol–water partition coefficient (Wildman–Crippen LogP) is 2.23. The van der Waals surface area contributed by atoms with Crippen LogP contribution < -0.4 is 5.32 Å². The van der Waals surface area contributed by atoms with Gasteiger partial charge in [-0.3, -0.25) is 9.97 Å². The molecule has 0 aliphatic rings. The summed E-state index contributed by atoms with van der Waals surface area (Å²) in [5.41, 5.74) is 2.57. The zero-order valence-electron chi connectivity index (χ0n) is 9.81. The van der Waals surface area contributed by atoms with E-state index in [0.29, 0.717) is 0 Å². The minimum absolute atomic E-state index is 0.141. The predicted molar refractivity (Wildman–Crippen MR) is 64.1 cm³/mol. The molecule has 0 bridgehead atoms. The lowest BCUT2D eigenvalue weighted by atomic mass is 10.1. The molecule has 2 aromatic heterocycles. The molecule has 0 fully saturated rings. The van der Waals surface area contributed by atoms with E-state index in [2.05, 4.69) is 15.3 Å². The lowest BCUT2D eigenvalue weighted by Gasteiger charge is -2.16. The summed E-state index contributed by atoms with van der Waals surface area (Å²) in [5.74, 6) is -0.338. The summed E-state index contributed by atoms with van der Waals surface area (Å²) in [6.07, 6.45) is 2.84. The van der Waals surface area contributed by atoms with E-state index >= 15 is 0 Å². The Morgan fingerprint density at radius 1 is 1.29 bits per heavy atom. The van der Waals surface area contributed by atoms with Gasteiger partial charge >= 0.3 is 0 Å². The van der Waals surface area contributed by atoms with Gasteiger partial charge in [0.15, 0.2) is 0 Å². The summed E-state index contributed by atoms with van der Waals surface area (Å²) in [6, 6.07) is 7.12. The highest BCUT2D eigenvalue weighted by Gasteiger charge is 2.14. The second-order valence-corrected chi connectivity index (χ2v) is 3.86. The summed E-state index contributed by atoms with van der Waals surface area (Å²) in [6.45, 7) is 1.93. The third kappa shape index (κ3) is 2.65. The number of halogens is 1. The van der Waals surface area contributed by atoms with E-state index in [0.717, 1.165) is 17.0 Å². The first-order valence-electron chi connectivity index (χ1n) is 5.42. The zero-order valence-corrected chi connectivity index (χ0v) is 9.81. The Labute approximate surface area is 99.7 Å². The minimum Gasteiger partial charge on any atom is -0.308 e. The maximum atomic E-state index is 13.1. The number of hydrogen-bond donors (Lipinski definition) is 1. The van der Waals surface area contributed by atoms with Crippen LogP contribution in [-0.4, -0.2) is 17.0 Å². The molecule has 2 aromatic rings. The Hall–Kier alpha value is -1.81. The number of pyridine rings is 2. The van der Waals surface area contributed by atoms with E-state index in [-0.39, 0.29) is 11.9 Å². The Bertz CT molecular complexity index is 468. The van der Waals surface area contributed by atoms with Crippen molar-refractivity contribution >= 4 is 0 Å². The van der Waals surface area contributed by atoms with Crippen molar-refractivity contribution in [2.75, 3.05) is 7.05 Å². The second-order valence-electron chi connectivity index (χ2n) is 3.86. The molecule has 0 spiro atoms. The maximum Gasteiger partial charge on any atom is 0.141 e. The van der Waals surface area contributed by atoms with Crippen LogP contribution in [0.3, 0.4) is 0 Å². The van der Waals surface area contributed by atoms with E-state index < -0.39 is 0 Å². The van der Waals surface area contributed by atoms with Crippen molar-refractivity contribution in [2.45, 2.75) is 13.0 Å². The van der Waals surface area contributed by atoms with Gasteiger partial charge in [-0.15, -0.1) is 0 Å². The molecule has 0 radical (unpaired) electrons. The van der Waals surface area contributed by atoms with Crippen molar-refractivity contribution in [3.8, 4) is 0 Å². The molecule has 1 N–H and O–H groups in total. The fraction of sp³-hybridized carbons (Fsp3) is 0.231. The highest BCUT2D eigenvalue weighted by atomic mass is 19.1. The van der Waals surface area contributed by atoms with Crippen molar-refractivity contribution < 1.29 is 4.39 Å². The average Bonchev–Trinajstić information content (AvgIpc) is 2.30. The molecule has 1 unspecified atom stereocenters. The van der Waals surface area contributed by atoms with Gasteiger partial charge < -0.3 is 5.32 Å². The summed E-state index contributed by atoms with van der Waals surface area (Å²) < 4.78 is 13.1. The van der Waals surface area contributed by atoms with Gasteiger partial charge in [-0.05, 0) is 37.7 Å². The number of nitrogens with zero attached hydrogens (tertiary/aromatic N) is 2. The van der Waals surface area contributed by atoms with Crippen LogP contribution >= 0.6 is 0 Å². The Morgan fingerprint density at radius 2 is 2.12 bits per heavy atom. The maximum absolute atomic E-state index is 13.1. The molecular weight excluding hydrogens is 217 g/mol. The third-order valence-electron chi connectivity index (χ3n) is 2.55. The molecule has 0 saturated carbocycles. The first-order valence-corrected chi connectivity index (χ1v) is 5.42. The van der Waals surface area contributed by atoms with E-state index in [9.17, 15) is 4.39 Å². The summed E-state index contributed by atoms with van der Waals surface area (Å²) >= 11 is 0. The fourth-order valence-corrected chi connectivity index (χ4v) is 1.80. The van der Waals surface area contributed by atoms with Gasteiger partial charge in [0.05, 0.1) is 17.9 Å². The molecule has 0 saturated heterocycles. The number of aryl methyl sites for hydroxylation is 1. The molecule has 3 nitrogen and oxygen atoms in total. The molecule has 1 atom stereocenters. The molecule has 88 valence electrons. The van der Waals surface area contributed by atoms with E-state index in [4.69, 9.17) is 0 Å². The van der Waals surface area contributed by atoms with Crippen molar-refractivity contribution in [1.82, 2.24) is 15.3 Å². The van der Waals surface area contributed by atoms with Crippen LogP contribution in [0.1, 0.15) is 23.0 Å². The summed E-state index contributed by atoms with van der Waals surface area (Å²) in [7, 11) is 1.82. The van der Waals surface area contributed by atoms with Gasteiger partial charge in [-0.25, -0.2) is 4.39 Å². The molecule has 4 heteroatoms. The molecule has 2 rings (SSSR count). The van der Waals surface area contributed by atoms with Crippen molar-refractivity contribution in [3.63, 3.8) is 0 Å². The summed E-state index contributed by atoms with van der Waals surface area (Å²) in [4.78, 5) is 8.30. The molecule has 17 heavy (non-hydrogen) atoms. The number of aromatic nitrogens is 2. The van der Waals surface area contributed by atoms with Gasteiger partial charge in [0.25, 0.3) is 0 Å². The van der Waals surface area contributed by atoms with Crippen LogP contribution in [0.15, 0.2) is 36.7 Å². The van der Waals surface area contributed by atoms with E-state index in [1.807, 2.05) is 32.2 Å². The molecular formula is C13H14FN3. The van der Waals surface area contributed by atoms with Gasteiger partial charge in [-0.1, -0.05) is 6.07 Å². The molecule has 0 aromatic carbocycles. The third-order valence-corrected chi connectivity index (χ3v) is 2.55. The van der Waals surface area contributed by atoms with Crippen LogP contribution in [0, 0.1) is 12.7 Å². The van der Waals surface area contributed by atoms with Gasteiger partial charge in [0.1, 0.15) is 5.82 Å². The van der Waals surface area contributed by atoms with Crippen LogP contribution in [0.25, 0.3) is 0 Å². The minimum atomic E-state index is -0.338. The first-order chi connectivity index (χ1) is 8.20. The zero-order chi connectivity index (χ0) is 12.3. The van der Waals surface area contributed by atoms with E-state index in [1.54, 1.807) is 6.20 Å². The molecule has 0 aliphatic heterocycles. The number of nitrogens with one attached hydrogen (secondary N) is 1.